The van der Waals surface area contributed by atoms with Crippen molar-refractivity contribution in [3.63, 3.8) is 0 Å². The lowest BCUT2D eigenvalue weighted by atomic mass is 10.0. The molecule has 0 aliphatic heterocycles. The number of ether oxygens (including phenoxy) is 2. The van der Waals surface area contributed by atoms with E-state index in [2.05, 4.69) is 10.6 Å². The van der Waals surface area contributed by atoms with Crippen LogP contribution in [0.3, 0.4) is 0 Å². The van der Waals surface area contributed by atoms with Crippen LogP contribution < -0.4 is 10.6 Å². The van der Waals surface area contributed by atoms with Crippen LogP contribution in [0.5, 0.6) is 0 Å². The van der Waals surface area contributed by atoms with Crippen molar-refractivity contribution in [3.05, 3.63) is 60.2 Å². The molecule has 0 unspecified atom stereocenters. The number of amides is 2. The molecule has 0 spiro atoms. The molecule has 0 aromatic heterocycles. The van der Waals surface area contributed by atoms with Gasteiger partial charge in [-0.3, -0.25) is 10.6 Å². The van der Waals surface area contributed by atoms with Gasteiger partial charge in [0, 0.05) is 0 Å². The Bertz CT molecular complexity index is 666. The lowest BCUT2D eigenvalue weighted by Crippen LogP contribution is -2.41. The summed E-state index contributed by atoms with van der Waals surface area (Å²) in [6, 6.07) is 17.5. The zero-order valence-electron chi connectivity index (χ0n) is 14.3. The number of hydrogen-bond donors (Lipinski definition) is 2. The van der Waals surface area contributed by atoms with Crippen molar-refractivity contribution in [1.82, 2.24) is 10.6 Å². The first-order chi connectivity index (χ1) is 12.1. The number of benzene rings is 2. The highest BCUT2D eigenvalue weighted by atomic mass is 16.6. The van der Waals surface area contributed by atoms with Gasteiger partial charge in [0.15, 0.2) is 0 Å². The highest BCUT2D eigenvalue weighted by Gasteiger charge is 2.18. The Morgan fingerprint density at radius 1 is 0.800 bits per heavy atom. The number of carbonyl (C=O) groups excluding carboxylic acids is 2. The third-order valence-electron chi connectivity index (χ3n) is 3.43. The van der Waals surface area contributed by atoms with Gasteiger partial charge < -0.3 is 9.47 Å². The lowest BCUT2D eigenvalue weighted by molar-refractivity contribution is 0.135. The van der Waals surface area contributed by atoms with Crippen LogP contribution in [0.1, 0.15) is 25.6 Å². The molecule has 2 N–H and O–H groups in total. The summed E-state index contributed by atoms with van der Waals surface area (Å²) in [7, 11) is 0. The van der Waals surface area contributed by atoms with E-state index in [0.29, 0.717) is 5.56 Å². The molecule has 2 aromatic rings. The first-order valence-electron chi connectivity index (χ1n) is 8.16. The van der Waals surface area contributed by atoms with Crippen molar-refractivity contribution in [2.24, 2.45) is 0 Å². The summed E-state index contributed by atoms with van der Waals surface area (Å²) in [6.07, 6.45) is -1.98. The van der Waals surface area contributed by atoms with Crippen molar-refractivity contribution in [2.75, 3.05) is 13.2 Å². The maximum atomic E-state index is 11.7. The van der Waals surface area contributed by atoms with Gasteiger partial charge in [-0.1, -0.05) is 54.6 Å². The van der Waals surface area contributed by atoms with Gasteiger partial charge in [0.25, 0.3) is 0 Å². The second-order valence-corrected chi connectivity index (χ2v) is 5.15. The Labute approximate surface area is 147 Å². The minimum Gasteiger partial charge on any atom is -0.450 e. The molecular formula is C19H22N2O4. The van der Waals surface area contributed by atoms with Gasteiger partial charge >= 0.3 is 12.2 Å². The Kier molecular flexibility index (Phi) is 6.83. The molecule has 0 bridgehead atoms. The summed E-state index contributed by atoms with van der Waals surface area (Å²) in [6.45, 7) is 3.90. The quantitative estimate of drug-likeness (QED) is 0.782. The number of carbonyl (C=O) groups is 2. The predicted molar refractivity (Wildman–Crippen MR) is 94.9 cm³/mol. The van der Waals surface area contributed by atoms with E-state index in [9.17, 15) is 9.59 Å². The molecule has 0 saturated carbocycles. The highest BCUT2D eigenvalue weighted by molar-refractivity contribution is 5.72. The maximum Gasteiger partial charge on any atom is 0.409 e. The Morgan fingerprint density at radius 3 is 1.76 bits per heavy atom. The average molecular weight is 342 g/mol. The van der Waals surface area contributed by atoms with E-state index >= 15 is 0 Å². The van der Waals surface area contributed by atoms with Crippen molar-refractivity contribution in [3.8, 4) is 11.1 Å². The van der Waals surface area contributed by atoms with Crippen LogP contribution in [0.4, 0.5) is 9.59 Å². The van der Waals surface area contributed by atoms with E-state index in [4.69, 9.17) is 9.47 Å². The normalized spacial score (nSPS) is 10.2. The molecule has 2 rings (SSSR count). The fourth-order valence-electron chi connectivity index (χ4n) is 2.28. The predicted octanol–water partition coefficient (Wildman–Crippen LogP) is 3.84. The molecule has 2 aromatic carbocycles. The molecule has 0 fully saturated rings. The molecule has 6 nitrogen and oxygen atoms in total. The van der Waals surface area contributed by atoms with Gasteiger partial charge in [0.05, 0.1) is 13.2 Å². The molecule has 0 aliphatic carbocycles. The number of alkyl carbamates (subject to hydrolysis) is 2. The van der Waals surface area contributed by atoms with Crippen LogP contribution in [-0.2, 0) is 9.47 Å². The van der Waals surface area contributed by atoms with E-state index < -0.39 is 18.4 Å². The molecule has 0 aliphatic rings. The minimum atomic E-state index is -0.747. The fourth-order valence-corrected chi connectivity index (χ4v) is 2.28. The van der Waals surface area contributed by atoms with Crippen LogP contribution in [0, 0.1) is 0 Å². The van der Waals surface area contributed by atoms with Crippen LogP contribution in [0.2, 0.25) is 0 Å². The monoisotopic (exact) mass is 342 g/mol. The Hall–Kier alpha value is -3.02. The highest BCUT2D eigenvalue weighted by Crippen LogP contribution is 2.21. The molecule has 6 heteroatoms. The van der Waals surface area contributed by atoms with Crippen molar-refractivity contribution in [1.29, 1.82) is 0 Å². The van der Waals surface area contributed by atoms with Gasteiger partial charge in [-0.05, 0) is 30.5 Å². The molecule has 25 heavy (non-hydrogen) atoms. The zero-order valence-corrected chi connectivity index (χ0v) is 14.3. The van der Waals surface area contributed by atoms with Crippen LogP contribution in [0.15, 0.2) is 54.6 Å². The van der Waals surface area contributed by atoms with E-state index in [1.807, 2.05) is 54.6 Å². The second kappa shape index (κ2) is 9.32. The number of hydrogen-bond acceptors (Lipinski definition) is 4. The SMILES string of the molecule is CCOC(=O)NC(NC(=O)OCC)c1ccc(-c2ccccc2)cc1. The van der Waals surface area contributed by atoms with E-state index in [0.717, 1.165) is 11.1 Å². The van der Waals surface area contributed by atoms with E-state index in [1.165, 1.54) is 0 Å². The first-order valence-corrected chi connectivity index (χ1v) is 8.16. The summed E-state index contributed by atoms with van der Waals surface area (Å²) in [4.78, 5) is 23.5. The third-order valence-corrected chi connectivity index (χ3v) is 3.43. The van der Waals surface area contributed by atoms with Gasteiger partial charge in [-0.25, -0.2) is 9.59 Å². The number of rotatable bonds is 6. The van der Waals surface area contributed by atoms with Gasteiger partial charge in [0.2, 0.25) is 0 Å². The summed E-state index contributed by atoms with van der Waals surface area (Å²) in [5.41, 5.74) is 2.83. The average Bonchev–Trinajstić information content (AvgIpc) is 2.62. The standard InChI is InChI=1S/C19H22N2O4/c1-3-24-18(22)20-17(21-19(23)25-4-2)16-12-10-15(11-13-16)14-8-6-5-7-9-14/h5-13,17H,3-4H2,1-2H3,(H,20,22)(H,21,23). The minimum absolute atomic E-state index is 0.241. The topological polar surface area (TPSA) is 76.7 Å². The molecule has 0 heterocycles. The fraction of sp³-hybridized carbons (Fsp3) is 0.263. The first kappa shape index (κ1) is 18.3. The molecule has 0 radical (unpaired) electrons. The van der Waals surface area contributed by atoms with Crippen molar-refractivity contribution < 1.29 is 19.1 Å². The maximum absolute atomic E-state index is 11.7. The summed E-state index contributed by atoms with van der Waals surface area (Å²) in [5.74, 6) is 0. The zero-order chi connectivity index (χ0) is 18.1. The largest absolute Gasteiger partial charge is 0.450 e. The van der Waals surface area contributed by atoms with Crippen LogP contribution in [-0.4, -0.2) is 25.4 Å². The summed E-state index contributed by atoms with van der Waals surface area (Å²) in [5, 5.41) is 5.22. The van der Waals surface area contributed by atoms with E-state index in [1.54, 1.807) is 13.8 Å². The van der Waals surface area contributed by atoms with Crippen molar-refractivity contribution >= 4 is 12.2 Å². The van der Waals surface area contributed by atoms with Gasteiger partial charge in [-0.15, -0.1) is 0 Å². The third kappa shape index (κ3) is 5.53. The molecular weight excluding hydrogens is 320 g/mol. The Balaban J connectivity index is 2.17. The van der Waals surface area contributed by atoms with E-state index in [-0.39, 0.29) is 13.2 Å². The number of nitrogens with one attached hydrogen (secondary N) is 2. The molecule has 132 valence electrons. The van der Waals surface area contributed by atoms with Crippen LogP contribution in [0.25, 0.3) is 11.1 Å². The lowest BCUT2D eigenvalue weighted by Gasteiger charge is -2.20. The van der Waals surface area contributed by atoms with Gasteiger partial charge in [-0.2, -0.15) is 0 Å². The van der Waals surface area contributed by atoms with Crippen LogP contribution >= 0.6 is 0 Å². The Morgan fingerprint density at radius 2 is 1.28 bits per heavy atom. The molecule has 0 atom stereocenters. The molecule has 2 amide bonds. The summed E-state index contributed by atoms with van der Waals surface area (Å²) >= 11 is 0. The van der Waals surface area contributed by atoms with Gasteiger partial charge in [0.1, 0.15) is 6.17 Å². The van der Waals surface area contributed by atoms with Crippen molar-refractivity contribution in [2.45, 2.75) is 20.0 Å². The molecule has 0 saturated heterocycles. The summed E-state index contributed by atoms with van der Waals surface area (Å²) < 4.78 is 9.77. The second-order valence-electron chi connectivity index (χ2n) is 5.15. The smallest absolute Gasteiger partial charge is 0.409 e.